The number of nitrogens with one attached hydrogen (secondary N) is 1. The first-order chi connectivity index (χ1) is 11.7. The van der Waals surface area contributed by atoms with Crippen molar-refractivity contribution in [2.24, 2.45) is 0 Å². The second-order valence-corrected chi connectivity index (χ2v) is 6.00. The summed E-state index contributed by atoms with van der Waals surface area (Å²) < 4.78 is 0. The fraction of sp³-hybridized carbons (Fsp3) is 0.190. The highest BCUT2D eigenvalue weighted by Gasteiger charge is 2.07. The summed E-state index contributed by atoms with van der Waals surface area (Å²) >= 11 is 0. The van der Waals surface area contributed by atoms with E-state index in [4.69, 9.17) is 0 Å². The summed E-state index contributed by atoms with van der Waals surface area (Å²) in [6, 6.07) is 20.4. The molecule has 0 saturated carbocycles. The lowest BCUT2D eigenvalue weighted by Crippen LogP contribution is -2.21. The molecule has 0 spiro atoms. The van der Waals surface area contributed by atoms with Crippen LogP contribution in [0.2, 0.25) is 0 Å². The number of aliphatic hydroxyl groups excluding tert-OH is 1. The van der Waals surface area contributed by atoms with Crippen LogP contribution < -0.4 is 5.32 Å². The van der Waals surface area contributed by atoms with Crippen LogP contribution in [0.5, 0.6) is 0 Å². The van der Waals surface area contributed by atoms with Crippen LogP contribution in [0.4, 0.5) is 0 Å². The van der Waals surface area contributed by atoms with Crippen LogP contribution in [0, 0.1) is 6.92 Å². The molecule has 2 aromatic carbocycles. The number of aliphatic hydroxyl groups is 1. The number of hydrogen-bond donors (Lipinski definition) is 2. The second kappa shape index (κ2) is 7.86. The van der Waals surface area contributed by atoms with Gasteiger partial charge in [0.05, 0.1) is 6.10 Å². The molecule has 0 bridgehead atoms. The van der Waals surface area contributed by atoms with E-state index in [0.717, 1.165) is 23.2 Å². The lowest BCUT2D eigenvalue weighted by Gasteiger charge is -2.13. The van der Waals surface area contributed by atoms with Crippen molar-refractivity contribution in [2.75, 3.05) is 6.54 Å². The van der Waals surface area contributed by atoms with Gasteiger partial charge in [0.1, 0.15) is 0 Å². The van der Waals surface area contributed by atoms with E-state index >= 15 is 0 Å². The van der Waals surface area contributed by atoms with Crippen molar-refractivity contribution in [3.63, 3.8) is 0 Å². The van der Waals surface area contributed by atoms with Gasteiger partial charge >= 0.3 is 0 Å². The third-order valence-electron chi connectivity index (χ3n) is 4.03. The van der Waals surface area contributed by atoms with Crippen LogP contribution >= 0.6 is 0 Å². The Hall–Kier alpha value is -2.49. The van der Waals surface area contributed by atoms with Crippen molar-refractivity contribution in [3.8, 4) is 11.1 Å². The summed E-state index contributed by atoms with van der Waals surface area (Å²) in [4.78, 5) is 4.06. The van der Waals surface area contributed by atoms with E-state index in [9.17, 15) is 5.11 Å². The topological polar surface area (TPSA) is 45.1 Å². The average molecular weight is 318 g/mol. The maximum atomic E-state index is 10.3. The van der Waals surface area contributed by atoms with Gasteiger partial charge in [-0.1, -0.05) is 48.0 Å². The van der Waals surface area contributed by atoms with Gasteiger partial charge in [-0.3, -0.25) is 4.98 Å². The van der Waals surface area contributed by atoms with Crippen molar-refractivity contribution in [2.45, 2.75) is 19.6 Å². The van der Waals surface area contributed by atoms with Gasteiger partial charge in [0.15, 0.2) is 0 Å². The van der Waals surface area contributed by atoms with Crippen molar-refractivity contribution in [1.82, 2.24) is 10.3 Å². The van der Waals surface area contributed by atoms with Crippen LogP contribution in [-0.4, -0.2) is 16.6 Å². The van der Waals surface area contributed by atoms with Crippen LogP contribution in [0.1, 0.15) is 22.8 Å². The fourth-order valence-electron chi connectivity index (χ4n) is 2.75. The minimum absolute atomic E-state index is 0.492. The first kappa shape index (κ1) is 16.4. The molecule has 3 aromatic rings. The Bertz CT molecular complexity index is 787. The summed E-state index contributed by atoms with van der Waals surface area (Å²) in [5.41, 5.74) is 5.65. The van der Waals surface area contributed by atoms with E-state index < -0.39 is 6.10 Å². The van der Waals surface area contributed by atoms with Crippen molar-refractivity contribution < 1.29 is 5.11 Å². The van der Waals surface area contributed by atoms with Crippen LogP contribution in [0.25, 0.3) is 11.1 Å². The zero-order valence-corrected chi connectivity index (χ0v) is 13.8. The molecule has 3 heteroatoms. The van der Waals surface area contributed by atoms with E-state index in [-0.39, 0.29) is 0 Å². The van der Waals surface area contributed by atoms with Gasteiger partial charge in [-0.2, -0.15) is 0 Å². The quantitative estimate of drug-likeness (QED) is 0.725. The average Bonchev–Trinajstić information content (AvgIpc) is 2.63. The van der Waals surface area contributed by atoms with Gasteiger partial charge in [0, 0.05) is 25.5 Å². The van der Waals surface area contributed by atoms with Gasteiger partial charge in [0.25, 0.3) is 0 Å². The smallest absolute Gasteiger partial charge is 0.0914 e. The summed E-state index contributed by atoms with van der Waals surface area (Å²) in [5.74, 6) is 0. The Morgan fingerprint density at radius 2 is 1.75 bits per heavy atom. The molecule has 0 amide bonds. The molecule has 3 rings (SSSR count). The zero-order valence-electron chi connectivity index (χ0n) is 13.8. The third kappa shape index (κ3) is 4.28. The summed E-state index contributed by atoms with van der Waals surface area (Å²) in [7, 11) is 0. The van der Waals surface area contributed by atoms with E-state index in [1.165, 1.54) is 11.1 Å². The first-order valence-corrected chi connectivity index (χ1v) is 8.17. The number of aromatic nitrogens is 1. The van der Waals surface area contributed by atoms with Gasteiger partial charge in [-0.15, -0.1) is 0 Å². The maximum Gasteiger partial charge on any atom is 0.0914 e. The Kier molecular flexibility index (Phi) is 5.36. The molecule has 1 aromatic heterocycles. The number of nitrogens with zero attached hydrogens (tertiary/aromatic N) is 1. The standard InChI is InChI=1S/C21H22N2O/c1-16-4-2-7-20(12-16)21(24)15-23-14-17-5-3-6-19(13-17)18-8-10-22-11-9-18/h2-13,21,23-24H,14-15H2,1H3. The highest BCUT2D eigenvalue weighted by molar-refractivity contribution is 5.63. The first-order valence-electron chi connectivity index (χ1n) is 8.17. The zero-order chi connectivity index (χ0) is 16.8. The van der Waals surface area contributed by atoms with E-state index in [2.05, 4.69) is 34.6 Å². The van der Waals surface area contributed by atoms with Crippen LogP contribution in [0.3, 0.4) is 0 Å². The lowest BCUT2D eigenvalue weighted by atomic mass is 10.0. The molecule has 24 heavy (non-hydrogen) atoms. The van der Waals surface area contributed by atoms with Gasteiger partial charge in [-0.25, -0.2) is 0 Å². The molecule has 122 valence electrons. The molecular formula is C21H22N2O. The molecular weight excluding hydrogens is 296 g/mol. The molecule has 0 radical (unpaired) electrons. The van der Waals surface area contributed by atoms with Crippen LogP contribution in [0.15, 0.2) is 73.1 Å². The monoisotopic (exact) mass is 318 g/mol. The predicted octanol–water partition coefficient (Wildman–Crippen LogP) is 3.88. The number of aryl methyl sites for hydroxylation is 1. The Labute approximate surface area is 143 Å². The SMILES string of the molecule is Cc1cccc(C(O)CNCc2cccc(-c3ccncc3)c2)c1. The molecule has 0 aliphatic rings. The summed E-state index contributed by atoms with van der Waals surface area (Å²) in [6.07, 6.45) is 3.12. The number of rotatable bonds is 6. The minimum atomic E-state index is -0.492. The molecule has 1 heterocycles. The largest absolute Gasteiger partial charge is 0.387 e. The van der Waals surface area contributed by atoms with E-state index in [1.54, 1.807) is 12.4 Å². The van der Waals surface area contributed by atoms with Crippen molar-refractivity contribution in [1.29, 1.82) is 0 Å². The number of pyridine rings is 1. The van der Waals surface area contributed by atoms with E-state index in [0.29, 0.717) is 6.54 Å². The summed E-state index contributed by atoms with van der Waals surface area (Å²) in [5, 5.41) is 13.6. The van der Waals surface area contributed by atoms with Gasteiger partial charge in [-0.05, 0) is 47.4 Å². The highest BCUT2D eigenvalue weighted by atomic mass is 16.3. The van der Waals surface area contributed by atoms with Gasteiger partial charge in [0.2, 0.25) is 0 Å². The Balaban J connectivity index is 1.59. The third-order valence-corrected chi connectivity index (χ3v) is 4.03. The second-order valence-electron chi connectivity index (χ2n) is 6.00. The summed E-state index contributed by atoms with van der Waals surface area (Å²) in [6.45, 7) is 3.29. The molecule has 0 aliphatic carbocycles. The van der Waals surface area contributed by atoms with Crippen molar-refractivity contribution in [3.05, 3.63) is 89.7 Å². The number of hydrogen-bond acceptors (Lipinski definition) is 3. The van der Waals surface area contributed by atoms with Crippen molar-refractivity contribution >= 4 is 0 Å². The maximum absolute atomic E-state index is 10.3. The predicted molar refractivity (Wildman–Crippen MR) is 97.5 cm³/mol. The molecule has 3 nitrogen and oxygen atoms in total. The molecule has 0 aliphatic heterocycles. The minimum Gasteiger partial charge on any atom is -0.387 e. The molecule has 0 fully saturated rings. The van der Waals surface area contributed by atoms with Crippen LogP contribution in [-0.2, 0) is 6.54 Å². The molecule has 0 saturated heterocycles. The molecule has 2 N–H and O–H groups in total. The molecule has 1 atom stereocenters. The molecule has 1 unspecified atom stereocenters. The normalized spacial score (nSPS) is 12.1. The fourth-order valence-corrected chi connectivity index (χ4v) is 2.75. The lowest BCUT2D eigenvalue weighted by molar-refractivity contribution is 0.174. The Morgan fingerprint density at radius 3 is 2.54 bits per heavy atom. The van der Waals surface area contributed by atoms with E-state index in [1.807, 2.05) is 43.3 Å². The highest BCUT2D eigenvalue weighted by Crippen LogP contribution is 2.19. The van der Waals surface area contributed by atoms with Gasteiger partial charge < -0.3 is 10.4 Å². The Morgan fingerprint density at radius 1 is 0.958 bits per heavy atom. The number of benzene rings is 2.